The SMILES string of the molecule is CC(C)CC(CBr)CC1Cc2ccccc2S1. The summed E-state index contributed by atoms with van der Waals surface area (Å²) in [6, 6.07) is 8.88. The average molecular weight is 313 g/mol. The molecular weight excluding hydrogens is 292 g/mol. The number of rotatable bonds is 5. The number of alkyl halides is 1. The molecule has 0 saturated heterocycles. The molecule has 1 aromatic rings. The molecule has 1 aliphatic rings. The third-order valence-electron chi connectivity index (χ3n) is 3.33. The molecule has 17 heavy (non-hydrogen) atoms. The first-order valence-electron chi connectivity index (χ1n) is 6.49. The maximum atomic E-state index is 3.68. The molecular formula is C15H21BrS. The van der Waals surface area contributed by atoms with E-state index < -0.39 is 0 Å². The second-order valence-corrected chi connectivity index (χ2v) is 7.43. The molecule has 2 atom stereocenters. The summed E-state index contributed by atoms with van der Waals surface area (Å²) in [7, 11) is 0. The maximum absolute atomic E-state index is 3.68. The number of hydrogen-bond acceptors (Lipinski definition) is 1. The zero-order chi connectivity index (χ0) is 12.3. The van der Waals surface area contributed by atoms with Gasteiger partial charge in [-0.1, -0.05) is 48.0 Å². The van der Waals surface area contributed by atoms with Crippen LogP contribution in [-0.2, 0) is 6.42 Å². The molecule has 0 N–H and O–H groups in total. The molecule has 0 amide bonds. The predicted molar refractivity (Wildman–Crippen MR) is 81.1 cm³/mol. The molecule has 1 aliphatic heterocycles. The Hall–Kier alpha value is 0.0500. The van der Waals surface area contributed by atoms with Crippen LogP contribution in [0.1, 0.15) is 32.3 Å². The first-order valence-corrected chi connectivity index (χ1v) is 8.49. The van der Waals surface area contributed by atoms with Crippen molar-refractivity contribution >= 4 is 27.7 Å². The van der Waals surface area contributed by atoms with E-state index in [0.29, 0.717) is 0 Å². The van der Waals surface area contributed by atoms with Gasteiger partial charge in [0.05, 0.1) is 0 Å². The van der Waals surface area contributed by atoms with E-state index in [-0.39, 0.29) is 0 Å². The summed E-state index contributed by atoms with van der Waals surface area (Å²) in [5.41, 5.74) is 1.56. The Labute approximate surface area is 118 Å². The van der Waals surface area contributed by atoms with E-state index in [1.807, 2.05) is 0 Å². The van der Waals surface area contributed by atoms with Gasteiger partial charge in [-0.25, -0.2) is 0 Å². The zero-order valence-electron chi connectivity index (χ0n) is 10.7. The van der Waals surface area contributed by atoms with E-state index in [1.54, 1.807) is 5.56 Å². The van der Waals surface area contributed by atoms with Crippen molar-refractivity contribution in [2.24, 2.45) is 11.8 Å². The predicted octanol–water partition coefficient (Wildman–Crippen LogP) is 5.15. The zero-order valence-corrected chi connectivity index (χ0v) is 13.1. The fraction of sp³-hybridized carbons (Fsp3) is 0.600. The third kappa shape index (κ3) is 3.75. The van der Waals surface area contributed by atoms with Gasteiger partial charge in [-0.05, 0) is 42.7 Å². The third-order valence-corrected chi connectivity index (χ3v) is 5.59. The summed E-state index contributed by atoms with van der Waals surface area (Å²) in [5, 5.41) is 1.95. The van der Waals surface area contributed by atoms with Crippen LogP contribution in [0, 0.1) is 11.8 Å². The van der Waals surface area contributed by atoms with Gasteiger partial charge in [0.25, 0.3) is 0 Å². The second-order valence-electron chi connectivity index (χ2n) is 5.44. The minimum atomic E-state index is 0.800. The van der Waals surface area contributed by atoms with E-state index in [0.717, 1.165) is 22.4 Å². The summed E-state index contributed by atoms with van der Waals surface area (Å²) in [4.78, 5) is 1.51. The molecule has 0 nitrogen and oxygen atoms in total. The molecule has 0 aliphatic carbocycles. The monoisotopic (exact) mass is 312 g/mol. The number of halogens is 1. The van der Waals surface area contributed by atoms with Gasteiger partial charge in [0.15, 0.2) is 0 Å². The molecule has 0 aromatic heterocycles. The lowest BCUT2D eigenvalue weighted by Crippen LogP contribution is -2.13. The molecule has 0 radical (unpaired) electrons. The Morgan fingerprint density at radius 1 is 1.35 bits per heavy atom. The van der Waals surface area contributed by atoms with Crippen molar-refractivity contribution in [2.75, 3.05) is 5.33 Å². The van der Waals surface area contributed by atoms with Crippen LogP contribution in [-0.4, -0.2) is 10.6 Å². The molecule has 0 spiro atoms. The van der Waals surface area contributed by atoms with Crippen LogP contribution in [0.2, 0.25) is 0 Å². The van der Waals surface area contributed by atoms with Gasteiger partial charge in [0.1, 0.15) is 0 Å². The van der Waals surface area contributed by atoms with E-state index in [1.165, 1.54) is 24.2 Å². The van der Waals surface area contributed by atoms with Crippen LogP contribution in [0.5, 0.6) is 0 Å². The van der Waals surface area contributed by atoms with Crippen LogP contribution in [0.3, 0.4) is 0 Å². The van der Waals surface area contributed by atoms with Crippen molar-refractivity contribution in [1.29, 1.82) is 0 Å². The van der Waals surface area contributed by atoms with Crippen molar-refractivity contribution in [3.05, 3.63) is 29.8 Å². The summed E-state index contributed by atoms with van der Waals surface area (Å²) in [6.07, 6.45) is 3.96. The van der Waals surface area contributed by atoms with E-state index in [9.17, 15) is 0 Å². The van der Waals surface area contributed by atoms with Crippen molar-refractivity contribution in [2.45, 2.75) is 43.3 Å². The topological polar surface area (TPSA) is 0 Å². The van der Waals surface area contributed by atoms with Gasteiger partial charge in [0, 0.05) is 15.5 Å². The first-order chi connectivity index (χ1) is 8.19. The van der Waals surface area contributed by atoms with Gasteiger partial charge in [0.2, 0.25) is 0 Å². The quantitative estimate of drug-likeness (QED) is 0.677. The van der Waals surface area contributed by atoms with Gasteiger partial charge in [-0.2, -0.15) is 0 Å². The van der Waals surface area contributed by atoms with Crippen LogP contribution in [0.4, 0.5) is 0 Å². The lowest BCUT2D eigenvalue weighted by atomic mass is 9.93. The smallest absolute Gasteiger partial charge is 0.0138 e. The number of fused-ring (bicyclic) bond motifs is 1. The Balaban J connectivity index is 1.90. The summed E-state index contributed by atoms with van der Waals surface area (Å²) in [6.45, 7) is 4.65. The van der Waals surface area contributed by atoms with Gasteiger partial charge in [-0.3, -0.25) is 0 Å². The standard InChI is InChI=1S/C15H21BrS/c1-11(2)7-12(10-16)8-14-9-13-5-3-4-6-15(13)17-14/h3-6,11-12,14H,7-10H2,1-2H3. The van der Waals surface area contributed by atoms with Crippen LogP contribution in [0.25, 0.3) is 0 Å². The highest BCUT2D eigenvalue weighted by Gasteiger charge is 2.24. The highest BCUT2D eigenvalue weighted by Crippen LogP contribution is 2.40. The van der Waals surface area contributed by atoms with Crippen LogP contribution >= 0.6 is 27.7 Å². The second kappa shape index (κ2) is 6.29. The van der Waals surface area contributed by atoms with Gasteiger partial charge in [-0.15, -0.1) is 11.8 Å². The summed E-state index contributed by atoms with van der Waals surface area (Å²) in [5.74, 6) is 1.65. The first kappa shape index (κ1) is 13.5. The molecule has 2 unspecified atom stereocenters. The number of hydrogen-bond donors (Lipinski definition) is 0. The minimum Gasteiger partial charge on any atom is -0.122 e. The van der Waals surface area contributed by atoms with E-state index in [4.69, 9.17) is 0 Å². The Morgan fingerprint density at radius 2 is 2.12 bits per heavy atom. The highest BCUT2D eigenvalue weighted by atomic mass is 79.9. The molecule has 2 heteroatoms. The van der Waals surface area contributed by atoms with Crippen molar-refractivity contribution in [3.8, 4) is 0 Å². The van der Waals surface area contributed by atoms with Gasteiger partial charge >= 0.3 is 0 Å². The molecule has 1 aromatic carbocycles. The minimum absolute atomic E-state index is 0.800. The normalized spacial score (nSPS) is 20.6. The average Bonchev–Trinajstić information content (AvgIpc) is 2.69. The molecule has 0 fully saturated rings. The van der Waals surface area contributed by atoms with Crippen molar-refractivity contribution in [3.63, 3.8) is 0 Å². The molecule has 2 rings (SSSR count). The Bertz CT molecular complexity index is 337. The number of thioether (sulfide) groups is 1. The Kier molecular flexibility index (Phi) is 4.98. The molecule has 0 saturated carbocycles. The van der Waals surface area contributed by atoms with E-state index >= 15 is 0 Å². The molecule has 0 bridgehead atoms. The van der Waals surface area contributed by atoms with Crippen molar-refractivity contribution in [1.82, 2.24) is 0 Å². The highest BCUT2D eigenvalue weighted by molar-refractivity contribution is 9.09. The molecule has 94 valence electrons. The molecule has 1 heterocycles. The largest absolute Gasteiger partial charge is 0.122 e. The van der Waals surface area contributed by atoms with Crippen LogP contribution in [0.15, 0.2) is 29.2 Å². The fourth-order valence-electron chi connectivity index (χ4n) is 2.65. The van der Waals surface area contributed by atoms with E-state index in [2.05, 4.69) is 65.8 Å². The summed E-state index contributed by atoms with van der Waals surface area (Å²) >= 11 is 5.76. The number of benzene rings is 1. The van der Waals surface area contributed by atoms with Crippen molar-refractivity contribution < 1.29 is 0 Å². The lowest BCUT2D eigenvalue weighted by molar-refractivity contribution is 0.419. The summed E-state index contributed by atoms with van der Waals surface area (Å²) < 4.78 is 0. The van der Waals surface area contributed by atoms with Gasteiger partial charge < -0.3 is 0 Å². The fourth-order valence-corrected chi connectivity index (χ4v) is 4.63. The Morgan fingerprint density at radius 3 is 2.76 bits per heavy atom. The maximum Gasteiger partial charge on any atom is 0.0138 e. The lowest BCUT2D eigenvalue weighted by Gasteiger charge is -2.19. The van der Waals surface area contributed by atoms with Crippen LogP contribution < -0.4 is 0 Å².